The standard InChI is InChI=1S/C17H28N4O.HI/c1-13(2)7-6-10-19-17(18-4)20-12-15-8-5-9-16(11-15)21-14(3)22;/h5,8-9,11,13H,6-7,10,12H2,1-4H3,(H,21,22)(H2,18,19,20);1H. The summed E-state index contributed by atoms with van der Waals surface area (Å²) in [4.78, 5) is 15.3. The van der Waals surface area contributed by atoms with Crippen LogP contribution in [0.1, 0.15) is 39.2 Å². The summed E-state index contributed by atoms with van der Waals surface area (Å²) in [5, 5.41) is 9.38. The number of anilines is 1. The number of carbonyl (C=O) groups is 1. The summed E-state index contributed by atoms with van der Waals surface area (Å²) in [5.41, 5.74) is 1.91. The first-order valence-corrected chi connectivity index (χ1v) is 7.82. The molecule has 0 aliphatic carbocycles. The SMILES string of the molecule is CN=C(NCCCC(C)C)NCc1cccc(NC(C)=O)c1.I. The molecular formula is C17H29IN4O. The topological polar surface area (TPSA) is 65.5 Å². The molecular weight excluding hydrogens is 403 g/mol. The van der Waals surface area contributed by atoms with E-state index in [1.54, 1.807) is 7.05 Å². The second-order valence-corrected chi connectivity index (χ2v) is 5.77. The largest absolute Gasteiger partial charge is 0.356 e. The quantitative estimate of drug-likeness (QED) is 0.268. The summed E-state index contributed by atoms with van der Waals surface area (Å²) in [6, 6.07) is 7.79. The van der Waals surface area contributed by atoms with Crippen LogP contribution in [0.3, 0.4) is 0 Å². The first-order chi connectivity index (χ1) is 10.5. The van der Waals surface area contributed by atoms with E-state index in [-0.39, 0.29) is 29.9 Å². The van der Waals surface area contributed by atoms with Gasteiger partial charge in [0.25, 0.3) is 0 Å². The zero-order valence-corrected chi connectivity index (χ0v) is 16.8. The number of guanidine groups is 1. The van der Waals surface area contributed by atoms with Crippen LogP contribution in [-0.4, -0.2) is 25.5 Å². The molecule has 1 aromatic carbocycles. The smallest absolute Gasteiger partial charge is 0.221 e. The summed E-state index contributed by atoms with van der Waals surface area (Å²) in [6.45, 7) is 7.55. The van der Waals surface area contributed by atoms with E-state index in [2.05, 4.69) is 34.8 Å². The molecule has 0 aliphatic heterocycles. The Hall–Kier alpha value is -1.31. The molecule has 0 unspecified atom stereocenters. The van der Waals surface area contributed by atoms with E-state index in [1.165, 1.54) is 13.3 Å². The average Bonchev–Trinajstić information content (AvgIpc) is 2.46. The van der Waals surface area contributed by atoms with Gasteiger partial charge in [-0.25, -0.2) is 0 Å². The van der Waals surface area contributed by atoms with Crippen LogP contribution < -0.4 is 16.0 Å². The fraction of sp³-hybridized carbons (Fsp3) is 0.529. The van der Waals surface area contributed by atoms with Crippen molar-refractivity contribution in [3.05, 3.63) is 29.8 Å². The van der Waals surface area contributed by atoms with Gasteiger partial charge >= 0.3 is 0 Å². The van der Waals surface area contributed by atoms with Crippen LogP contribution in [0.15, 0.2) is 29.3 Å². The maximum absolute atomic E-state index is 11.1. The summed E-state index contributed by atoms with van der Waals surface area (Å²) >= 11 is 0. The fourth-order valence-corrected chi connectivity index (χ4v) is 2.09. The minimum atomic E-state index is -0.0623. The fourth-order valence-electron chi connectivity index (χ4n) is 2.09. The molecule has 0 heterocycles. The van der Waals surface area contributed by atoms with Crippen LogP contribution in [0.2, 0.25) is 0 Å². The highest BCUT2D eigenvalue weighted by Crippen LogP contribution is 2.10. The minimum Gasteiger partial charge on any atom is -0.356 e. The van der Waals surface area contributed by atoms with Gasteiger partial charge in [0.15, 0.2) is 5.96 Å². The van der Waals surface area contributed by atoms with E-state index in [0.29, 0.717) is 6.54 Å². The van der Waals surface area contributed by atoms with Gasteiger partial charge in [0.2, 0.25) is 5.91 Å². The van der Waals surface area contributed by atoms with Crippen molar-refractivity contribution in [1.29, 1.82) is 0 Å². The third-order valence-electron chi connectivity index (χ3n) is 3.18. The van der Waals surface area contributed by atoms with Gasteiger partial charge in [-0.05, 0) is 36.5 Å². The number of rotatable bonds is 7. The Morgan fingerprint density at radius 2 is 2.00 bits per heavy atom. The number of nitrogens with one attached hydrogen (secondary N) is 3. The molecule has 1 aromatic rings. The lowest BCUT2D eigenvalue weighted by atomic mass is 10.1. The van der Waals surface area contributed by atoms with Crippen molar-refractivity contribution in [2.75, 3.05) is 18.9 Å². The Balaban J connectivity index is 0.00000484. The van der Waals surface area contributed by atoms with Crippen molar-refractivity contribution in [2.45, 2.75) is 40.2 Å². The Labute approximate surface area is 156 Å². The van der Waals surface area contributed by atoms with Crippen molar-refractivity contribution in [3.8, 4) is 0 Å². The molecule has 0 bridgehead atoms. The number of hydrogen-bond donors (Lipinski definition) is 3. The van der Waals surface area contributed by atoms with Gasteiger partial charge in [-0.3, -0.25) is 9.79 Å². The third-order valence-corrected chi connectivity index (χ3v) is 3.18. The molecule has 0 saturated heterocycles. The summed E-state index contributed by atoms with van der Waals surface area (Å²) in [7, 11) is 1.77. The lowest BCUT2D eigenvalue weighted by Crippen LogP contribution is -2.37. The highest BCUT2D eigenvalue weighted by atomic mass is 127. The molecule has 23 heavy (non-hydrogen) atoms. The van der Waals surface area contributed by atoms with Crippen molar-refractivity contribution in [3.63, 3.8) is 0 Å². The molecule has 0 aromatic heterocycles. The predicted molar refractivity (Wildman–Crippen MR) is 108 cm³/mol. The molecule has 1 rings (SSSR count). The maximum atomic E-state index is 11.1. The first kappa shape index (κ1) is 21.7. The molecule has 0 atom stereocenters. The van der Waals surface area contributed by atoms with E-state index >= 15 is 0 Å². The van der Waals surface area contributed by atoms with Crippen LogP contribution in [0.25, 0.3) is 0 Å². The highest BCUT2D eigenvalue weighted by molar-refractivity contribution is 14.0. The van der Waals surface area contributed by atoms with Gasteiger partial charge < -0.3 is 16.0 Å². The number of nitrogens with zero attached hydrogens (tertiary/aromatic N) is 1. The average molecular weight is 432 g/mol. The molecule has 1 amide bonds. The van der Waals surface area contributed by atoms with E-state index in [1.807, 2.05) is 24.3 Å². The molecule has 0 aliphatic rings. The molecule has 0 radical (unpaired) electrons. The zero-order valence-electron chi connectivity index (χ0n) is 14.5. The van der Waals surface area contributed by atoms with Gasteiger partial charge in [-0.15, -0.1) is 24.0 Å². The molecule has 0 saturated carbocycles. The van der Waals surface area contributed by atoms with Crippen LogP contribution in [-0.2, 0) is 11.3 Å². The lowest BCUT2D eigenvalue weighted by Gasteiger charge is -2.13. The number of benzene rings is 1. The van der Waals surface area contributed by atoms with Gasteiger partial charge in [0.05, 0.1) is 0 Å². The third kappa shape index (κ3) is 10.1. The molecule has 5 nitrogen and oxygen atoms in total. The number of hydrogen-bond acceptors (Lipinski definition) is 2. The number of amides is 1. The van der Waals surface area contributed by atoms with Gasteiger partial charge in [-0.2, -0.15) is 0 Å². The summed E-state index contributed by atoms with van der Waals surface area (Å²) in [5.74, 6) is 1.47. The Kier molecular flexibility index (Phi) is 11.5. The second kappa shape index (κ2) is 12.2. The molecule has 3 N–H and O–H groups in total. The van der Waals surface area contributed by atoms with Gasteiger partial charge in [0, 0.05) is 32.7 Å². The highest BCUT2D eigenvalue weighted by Gasteiger charge is 2.01. The van der Waals surface area contributed by atoms with E-state index in [4.69, 9.17) is 0 Å². The van der Waals surface area contributed by atoms with Gasteiger partial charge in [0.1, 0.15) is 0 Å². The number of carbonyl (C=O) groups excluding carboxylic acids is 1. The summed E-state index contributed by atoms with van der Waals surface area (Å²) < 4.78 is 0. The number of halogens is 1. The Morgan fingerprint density at radius 1 is 1.26 bits per heavy atom. The normalized spacial score (nSPS) is 10.9. The monoisotopic (exact) mass is 432 g/mol. The van der Waals surface area contributed by atoms with Crippen LogP contribution in [0, 0.1) is 5.92 Å². The van der Waals surface area contributed by atoms with Crippen molar-refractivity contribution in [1.82, 2.24) is 10.6 Å². The molecule has 130 valence electrons. The van der Waals surface area contributed by atoms with Crippen molar-refractivity contribution in [2.24, 2.45) is 10.9 Å². The van der Waals surface area contributed by atoms with E-state index in [9.17, 15) is 4.79 Å². The molecule has 0 spiro atoms. The molecule has 0 fully saturated rings. The van der Waals surface area contributed by atoms with E-state index in [0.717, 1.165) is 36.1 Å². The second-order valence-electron chi connectivity index (χ2n) is 5.77. The van der Waals surface area contributed by atoms with Crippen LogP contribution >= 0.6 is 24.0 Å². The summed E-state index contributed by atoms with van der Waals surface area (Å²) in [6.07, 6.45) is 2.35. The zero-order chi connectivity index (χ0) is 16.4. The first-order valence-electron chi connectivity index (χ1n) is 7.82. The Morgan fingerprint density at radius 3 is 2.61 bits per heavy atom. The van der Waals surface area contributed by atoms with Crippen LogP contribution in [0.5, 0.6) is 0 Å². The minimum absolute atomic E-state index is 0. The lowest BCUT2D eigenvalue weighted by molar-refractivity contribution is -0.114. The number of aliphatic imine (C=N–C) groups is 1. The van der Waals surface area contributed by atoms with Gasteiger partial charge in [-0.1, -0.05) is 26.0 Å². The van der Waals surface area contributed by atoms with Crippen molar-refractivity contribution >= 4 is 41.5 Å². The maximum Gasteiger partial charge on any atom is 0.221 e. The van der Waals surface area contributed by atoms with Crippen LogP contribution in [0.4, 0.5) is 5.69 Å². The molecule has 6 heteroatoms. The predicted octanol–water partition coefficient (Wildman–Crippen LogP) is 3.36. The van der Waals surface area contributed by atoms with E-state index < -0.39 is 0 Å². The Bertz CT molecular complexity index is 503. The van der Waals surface area contributed by atoms with Crippen molar-refractivity contribution < 1.29 is 4.79 Å².